The van der Waals surface area contributed by atoms with Gasteiger partial charge in [0.15, 0.2) is 0 Å². The van der Waals surface area contributed by atoms with E-state index >= 15 is 0 Å². The van der Waals surface area contributed by atoms with Gasteiger partial charge in [0.05, 0.1) is 6.61 Å². The van der Waals surface area contributed by atoms with Gasteiger partial charge in [-0.2, -0.15) is 0 Å². The van der Waals surface area contributed by atoms with Gasteiger partial charge in [-0.15, -0.1) is 0 Å². The van der Waals surface area contributed by atoms with Crippen molar-refractivity contribution in [2.24, 2.45) is 11.7 Å². The molecule has 1 atom stereocenters. The zero-order valence-corrected chi connectivity index (χ0v) is 14.9. The van der Waals surface area contributed by atoms with E-state index in [1.807, 2.05) is 48.2 Å². The largest absolute Gasteiger partial charge is 0.493 e. The van der Waals surface area contributed by atoms with E-state index < -0.39 is 12.0 Å². The number of nitrogens with two attached hydrogens (primary N) is 1. The average molecular weight is 356 g/mol. The lowest BCUT2D eigenvalue weighted by molar-refractivity contribution is -0.144. The molecule has 6 nitrogen and oxygen atoms in total. The Morgan fingerprint density at radius 2 is 1.92 bits per heavy atom. The summed E-state index contributed by atoms with van der Waals surface area (Å²) in [4.78, 5) is 25.6. The number of carbonyl (C=O) groups is 2. The predicted octanol–water partition coefficient (Wildman–Crippen LogP) is 2.56. The van der Waals surface area contributed by atoms with Crippen molar-refractivity contribution in [3.05, 3.63) is 42.0 Å². The zero-order chi connectivity index (χ0) is 18.7. The Labute approximate surface area is 152 Å². The van der Waals surface area contributed by atoms with Crippen molar-refractivity contribution in [2.75, 3.05) is 19.7 Å². The number of rotatable bonds is 6. The highest BCUT2D eigenvalue weighted by molar-refractivity contribution is 5.92. The van der Waals surface area contributed by atoms with E-state index in [9.17, 15) is 14.7 Å². The second-order valence-corrected chi connectivity index (χ2v) is 6.58. The van der Waals surface area contributed by atoms with Gasteiger partial charge >= 0.3 is 5.97 Å². The molecule has 1 aliphatic rings. The fourth-order valence-electron chi connectivity index (χ4n) is 3.74. The SMILES string of the molecule is CCOc1ccc2ccccc2c1[C@@H](C(=O)O)N1CCC(C(N)=O)CC1. The van der Waals surface area contributed by atoms with Crippen LogP contribution in [0.25, 0.3) is 10.8 Å². The summed E-state index contributed by atoms with van der Waals surface area (Å²) in [5.41, 5.74) is 6.08. The van der Waals surface area contributed by atoms with Crippen LogP contribution in [0.2, 0.25) is 0 Å². The van der Waals surface area contributed by atoms with Crippen LogP contribution < -0.4 is 10.5 Å². The Kier molecular flexibility index (Phi) is 5.42. The van der Waals surface area contributed by atoms with E-state index in [0.29, 0.717) is 43.9 Å². The zero-order valence-electron chi connectivity index (χ0n) is 14.9. The first-order valence-electron chi connectivity index (χ1n) is 8.93. The quantitative estimate of drug-likeness (QED) is 0.830. The lowest BCUT2D eigenvalue weighted by Gasteiger charge is -2.35. The molecule has 3 rings (SSSR count). The number of carboxylic acid groups (broad SMARTS) is 1. The molecule has 6 heteroatoms. The summed E-state index contributed by atoms with van der Waals surface area (Å²) in [6, 6.07) is 10.7. The molecule has 26 heavy (non-hydrogen) atoms. The van der Waals surface area contributed by atoms with E-state index in [2.05, 4.69) is 0 Å². The summed E-state index contributed by atoms with van der Waals surface area (Å²) in [5, 5.41) is 11.9. The number of benzene rings is 2. The van der Waals surface area contributed by atoms with Crippen molar-refractivity contribution in [3.8, 4) is 5.75 Å². The molecule has 0 aliphatic carbocycles. The molecule has 0 spiro atoms. The number of primary amides is 1. The molecule has 0 aromatic heterocycles. The lowest BCUT2D eigenvalue weighted by Crippen LogP contribution is -2.43. The van der Waals surface area contributed by atoms with Gasteiger partial charge in [-0.1, -0.05) is 30.3 Å². The van der Waals surface area contributed by atoms with Crippen molar-refractivity contribution < 1.29 is 19.4 Å². The number of carboxylic acids is 1. The smallest absolute Gasteiger partial charge is 0.325 e. The average Bonchev–Trinajstić information content (AvgIpc) is 2.64. The fourth-order valence-corrected chi connectivity index (χ4v) is 3.74. The van der Waals surface area contributed by atoms with Crippen LogP contribution in [0.4, 0.5) is 0 Å². The van der Waals surface area contributed by atoms with Crippen LogP contribution in [-0.4, -0.2) is 41.6 Å². The fraction of sp³-hybridized carbons (Fsp3) is 0.400. The van der Waals surface area contributed by atoms with Crippen LogP contribution in [0.1, 0.15) is 31.4 Å². The lowest BCUT2D eigenvalue weighted by atomic mass is 9.91. The summed E-state index contributed by atoms with van der Waals surface area (Å²) in [5.74, 6) is -0.813. The number of fused-ring (bicyclic) bond motifs is 1. The van der Waals surface area contributed by atoms with E-state index in [0.717, 1.165) is 10.8 Å². The maximum absolute atomic E-state index is 12.2. The highest BCUT2D eigenvalue weighted by atomic mass is 16.5. The molecule has 2 aromatic carbocycles. The van der Waals surface area contributed by atoms with Gasteiger partial charge in [-0.3, -0.25) is 14.5 Å². The Bertz CT molecular complexity index is 813. The molecule has 1 heterocycles. The first-order chi connectivity index (χ1) is 12.5. The second-order valence-electron chi connectivity index (χ2n) is 6.58. The molecular formula is C20H24N2O4. The van der Waals surface area contributed by atoms with E-state index in [1.54, 1.807) is 0 Å². The normalized spacial score (nSPS) is 17.1. The number of piperidine rings is 1. The second kappa shape index (κ2) is 7.74. The molecule has 0 bridgehead atoms. The molecule has 2 aromatic rings. The Morgan fingerprint density at radius 1 is 1.23 bits per heavy atom. The third-order valence-corrected chi connectivity index (χ3v) is 5.03. The van der Waals surface area contributed by atoms with Gasteiger partial charge in [0.1, 0.15) is 11.8 Å². The molecule has 0 saturated carbocycles. The standard InChI is InChI=1S/C20H24N2O4/c1-2-26-16-8-7-13-5-3-4-6-15(13)17(16)18(20(24)25)22-11-9-14(10-12-22)19(21)23/h3-8,14,18H,2,9-12H2,1H3,(H2,21,23)(H,24,25)/t18-/m0/s1. The molecule has 1 saturated heterocycles. The molecule has 138 valence electrons. The summed E-state index contributed by atoms with van der Waals surface area (Å²) < 4.78 is 5.76. The summed E-state index contributed by atoms with van der Waals surface area (Å²) in [6.45, 7) is 3.37. The number of nitrogens with zero attached hydrogens (tertiary/aromatic N) is 1. The number of ether oxygens (including phenoxy) is 1. The minimum atomic E-state index is -0.917. The van der Waals surface area contributed by atoms with Crippen LogP contribution in [0, 0.1) is 5.92 Å². The van der Waals surface area contributed by atoms with E-state index in [-0.39, 0.29) is 11.8 Å². The van der Waals surface area contributed by atoms with Crippen molar-refractivity contribution >= 4 is 22.6 Å². The maximum atomic E-state index is 12.2. The van der Waals surface area contributed by atoms with Crippen molar-refractivity contribution in [2.45, 2.75) is 25.8 Å². The Balaban J connectivity index is 2.04. The highest BCUT2D eigenvalue weighted by Gasteiger charge is 2.35. The molecule has 1 fully saturated rings. The minimum absolute atomic E-state index is 0.181. The van der Waals surface area contributed by atoms with Crippen LogP contribution >= 0.6 is 0 Å². The summed E-state index contributed by atoms with van der Waals surface area (Å²) in [7, 11) is 0. The number of hydrogen-bond acceptors (Lipinski definition) is 4. The van der Waals surface area contributed by atoms with Crippen molar-refractivity contribution in [1.29, 1.82) is 0 Å². The van der Waals surface area contributed by atoms with Gasteiger partial charge in [-0.25, -0.2) is 0 Å². The Hall–Kier alpha value is -2.60. The monoisotopic (exact) mass is 356 g/mol. The molecule has 1 aliphatic heterocycles. The van der Waals surface area contributed by atoms with Crippen molar-refractivity contribution in [1.82, 2.24) is 4.90 Å². The molecule has 0 unspecified atom stereocenters. The van der Waals surface area contributed by atoms with Gasteiger partial charge in [0.2, 0.25) is 5.91 Å². The van der Waals surface area contributed by atoms with Gasteiger partial charge in [0, 0.05) is 24.6 Å². The Morgan fingerprint density at radius 3 is 2.54 bits per heavy atom. The summed E-state index contributed by atoms with van der Waals surface area (Å²) in [6.07, 6.45) is 1.15. The molecular weight excluding hydrogens is 332 g/mol. The first-order valence-corrected chi connectivity index (χ1v) is 8.93. The van der Waals surface area contributed by atoms with Gasteiger partial charge in [0.25, 0.3) is 0 Å². The first kappa shape index (κ1) is 18.2. The number of hydrogen-bond donors (Lipinski definition) is 2. The third-order valence-electron chi connectivity index (χ3n) is 5.03. The summed E-state index contributed by atoms with van der Waals surface area (Å²) >= 11 is 0. The van der Waals surface area contributed by atoms with Gasteiger partial charge < -0.3 is 15.6 Å². The number of likely N-dealkylation sites (tertiary alicyclic amines) is 1. The number of amides is 1. The van der Waals surface area contributed by atoms with Crippen LogP contribution in [0.5, 0.6) is 5.75 Å². The van der Waals surface area contributed by atoms with Crippen LogP contribution in [0.3, 0.4) is 0 Å². The van der Waals surface area contributed by atoms with Crippen molar-refractivity contribution in [3.63, 3.8) is 0 Å². The third kappa shape index (κ3) is 3.51. The molecule has 1 amide bonds. The number of carbonyl (C=O) groups excluding carboxylic acids is 1. The van der Waals surface area contributed by atoms with E-state index in [4.69, 9.17) is 10.5 Å². The predicted molar refractivity (Wildman–Crippen MR) is 99.0 cm³/mol. The minimum Gasteiger partial charge on any atom is -0.493 e. The number of aliphatic carboxylic acids is 1. The van der Waals surface area contributed by atoms with Gasteiger partial charge in [-0.05, 0) is 36.6 Å². The van der Waals surface area contributed by atoms with Crippen LogP contribution in [-0.2, 0) is 9.59 Å². The highest BCUT2D eigenvalue weighted by Crippen LogP contribution is 2.38. The maximum Gasteiger partial charge on any atom is 0.325 e. The molecule has 0 radical (unpaired) electrons. The van der Waals surface area contributed by atoms with Crippen LogP contribution in [0.15, 0.2) is 36.4 Å². The van der Waals surface area contributed by atoms with E-state index in [1.165, 1.54) is 0 Å². The topological polar surface area (TPSA) is 92.9 Å². The molecule has 3 N–H and O–H groups in total.